The highest BCUT2D eigenvalue weighted by atomic mass is 32.3. The van der Waals surface area contributed by atoms with Crippen LogP contribution in [0.1, 0.15) is 46.0 Å². The molecular formula is C11H20O9S2. The molecule has 0 radical (unpaired) electrons. The van der Waals surface area contributed by atoms with Crippen molar-refractivity contribution in [3.63, 3.8) is 0 Å². The van der Waals surface area contributed by atoms with Gasteiger partial charge in [-0.15, -0.1) is 0 Å². The summed E-state index contributed by atoms with van der Waals surface area (Å²) in [6.45, 7) is 2.95. The first-order valence-electron chi connectivity index (χ1n) is 6.49. The monoisotopic (exact) mass is 360 g/mol. The Hall–Kier alpha value is -1.20. The lowest BCUT2D eigenvalue weighted by Gasteiger charge is -2.07. The maximum atomic E-state index is 11.3. The topological polar surface area (TPSA) is 130 Å². The summed E-state index contributed by atoms with van der Waals surface area (Å²) in [6.07, 6.45) is 0.829. The first-order chi connectivity index (χ1) is 9.91. The molecule has 0 bridgehead atoms. The Bertz CT molecular complexity index is 575. The number of carbonyl (C=O) groups excluding carboxylic acids is 2. The van der Waals surface area contributed by atoms with Gasteiger partial charge in [0.1, 0.15) is 0 Å². The van der Waals surface area contributed by atoms with Gasteiger partial charge in [-0.3, -0.25) is 9.59 Å². The summed E-state index contributed by atoms with van der Waals surface area (Å²) in [5.74, 6) is -1.84. The molecule has 0 unspecified atom stereocenters. The van der Waals surface area contributed by atoms with E-state index in [2.05, 4.69) is 12.5 Å². The summed E-state index contributed by atoms with van der Waals surface area (Å²) in [4.78, 5) is 22.3. The fourth-order valence-electron chi connectivity index (χ4n) is 1.34. The van der Waals surface area contributed by atoms with Crippen LogP contribution in [-0.4, -0.2) is 41.1 Å². The van der Waals surface area contributed by atoms with Crippen molar-refractivity contribution in [2.75, 3.05) is 6.26 Å². The zero-order valence-corrected chi connectivity index (χ0v) is 14.2. The number of unbranched alkanes of at least 4 members (excludes halogenated alkanes) is 2. The van der Waals surface area contributed by atoms with Crippen LogP contribution in [0.25, 0.3) is 0 Å². The summed E-state index contributed by atoms with van der Waals surface area (Å²) in [6, 6.07) is 0. The quantitative estimate of drug-likeness (QED) is 0.407. The van der Waals surface area contributed by atoms with Gasteiger partial charge in [0.25, 0.3) is 0 Å². The molecule has 0 aromatic carbocycles. The lowest BCUT2D eigenvalue weighted by molar-refractivity contribution is -0.135. The fourth-order valence-corrected chi connectivity index (χ4v) is 2.58. The van der Waals surface area contributed by atoms with E-state index in [-0.39, 0.29) is 19.3 Å². The molecular weight excluding hydrogens is 340 g/mol. The summed E-state index contributed by atoms with van der Waals surface area (Å²) in [5, 5.41) is 0. The largest absolute Gasteiger partial charge is 0.451 e. The molecule has 0 amide bonds. The van der Waals surface area contributed by atoms with E-state index in [0.717, 1.165) is 6.26 Å². The van der Waals surface area contributed by atoms with E-state index in [9.17, 15) is 26.4 Å². The number of hydrogen-bond acceptors (Lipinski definition) is 9. The molecule has 11 heteroatoms. The van der Waals surface area contributed by atoms with Crippen molar-refractivity contribution in [3.05, 3.63) is 0 Å². The van der Waals surface area contributed by atoms with Crippen molar-refractivity contribution >= 4 is 32.5 Å². The van der Waals surface area contributed by atoms with Crippen molar-refractivity contribution in [1.29, 1.82) is 0 Å². The van der Waals surface area contributed by atoms with E-state index >= 15 is 0 Å². The van der Waals surface area contributed by atoms with E-state index in [1.807, 2.05) is 0 Å². The Morgan fingerprint density at radius 1 is 0.864 bits per heavy atom. The highest BCUT2D eigenvalue weighted by molar-refractivity contribution is 7.86. The molecule has 0 aliphatic rings. The molecule has 0 atom stereocenters. The number of carbonyl (C=O) groups is 2. The van der Waals surface area contributed by atoms with Crippen LogP contribution in [0.4, 0.5) is 0 Å². The van der Waals surface area contributed by atoms with Crippen LogP contribution < -0.4 is 0 Å². The zero-order valence-electron chi connectivity index (χ0n) is 12.6. The number of rotatable bonds is 10. The van der Waals surface area contributed by atoms with Crippen LogP contribution in [0.2, 0.25) is 0 Å². The normalized spacial score (nSPS) is 12.2. The second-order valence-electron chi connectivity index (χ2n) is 4.73. The van der Waals surface area contributed by atoms with Crippen LogP contribution in [0, 0.1) is 0 Å². The van der Waals surface area contributed by atoms with Gasteiger partial charge in [0.05, 0.1) is 12.4 Å². The first kappa shape index (κ1) is 20.8. The van der Waals surface area contributed by atoms with Gasteiger partial charge in [-0.1, -0.05) is 6.42 Å². The van der Waals surface area contributed by atoms with E-state index < -0.39 is 38.6 Å². The summed E-state index contributed by atoms with van der Waals surface area (Å²) >= 11 is 0. The minimum Gasteiger partial charge on any atom is -0.346 e. The minimum absolute atomic E-state index is 0.114. The molecule has 22 heavy (non-hydrogen) atoms. The zero-order chi connectivity index (χ0) is 17.4. The van der Waals surface area contributed by atoms with Crippen LogP contribution >= 0.6 is 0 Å². The van der Waals surface area contributed by atoms with Crippen LogP contribution in [0.15, 0.2) is 0 Å². The molecule has 0 fully saturated rings. The van der Waals surface area contributed by atoms with E-state index in [0.29, 0.717) is 12.8 Å². The first-order valence-corrected chi connectivity index (χ1v) is 9.64. The van der Waals surface area contributed by atoms with E-state index in [1.54, 1.807) is 0 Å². The molecule has 0 aromatic heterocycles. The van der Waals surface area contributed by atoms with Crippen molar-refractivity contribution in [2.24, 2.45) is 0 Å². The molecule has 0 N–H and O–H groups in total. The third-order valence-corrected chi connectivity index (χ3v) is 3.51. The van der Waals surface area contributed by atoms with Crippen LogP contribution in [0.5, 0.6) is 0 Å². The average molecular weight is 360 g/mol. The van der Waals surface area contributed by atoms with Crippen molar-refractivity contribution in [1.82, 2.24) is 0 Å². The Kier molecular flexibility index (Phi) is 8.56. The molecule has 0 aliphatic carbocycles. The van der Waals surface area contributed by atoms with Gasteiger partial charge in [0, 0.05) is 12.8 Å². The van der Waals surface area contributed by atoms with Gasteiger partial charge in [-0.2, -0.15) is 16.8 Å². The third-order valence-electron chi connectivity index (χ3n) is 2.01. The third kappa shape index (κ3) is 12.5. The molecule has 0 rings (SSSR count). The van der Waals surface area contributed by atoms with E-state index in [1.165, 1.54) is 13.8 Å². The predicted octanol–water partition coefficient (Wildman–Crippen LogP) is 0.653. The molecule has 0 aromatic rings. The Morgan fingerprint density at radius 2 is 1.32 bits per heavy atom. The Morgan fingerprint density at radius 3 is 1.73 bits per heavy atom. The van der Waals surface area contributed by atoms with Gasteiger partial charge in [-0.25, -0.2) is 4.18 Å². The van der Waals surface area contributed by atoms with Gasteiger partial charge in [0.2, 0.25) is 0 Å². The van der Waals surface area contributed by atoms with E-state index in [4.69, 9.17) is 0 Å². The predicted molar refractivity (Wildman–Crippen MR) is 75.3 cm³/mol. The smallest absolute Gasteiger partial charge is 0.346 e. The number of hydrogen-bond donors (Lipinski definition) is 0. The van der Waals surface area contributed by atoms with Crippen molar-refractivity contribution in [2.45, 2.75) is 52.1 Å². The molecule has 0 saturated carbocycles. The van der Waals surface area contributed by atoms with Crippen LogP contribution in [-0.2, 0) is 42.7 Å². The standard InChI is InChI=1S/C11H20O9S2/c1-9(2)18-22(16,17)20-11(13)8-6-4-5-7-10(12)19-21(3,14)15/h9H,4-8H2,1-3H3. The highest BCUT2D eigenvalue weighted by Gasteiger charge is 2.19. The fraction of sp³-hybridized carbons (Fsp3) is 0.818. The lowest BCUT2D eigenvalue weighted by atomic mass is 10.1. The van der Waals surface area contributed by atoms with Gasteiger partial charge < -0.3 is 8.37 Å². The molecule has 130 valence electrons. The lowest BCUT2D eigenvalue weighted by Crippen LogP contribution is -2.19. The maximum Gasteiger partial charge on any atom is 0.451 e. The highest BCUT2D eigenvalue weighted by Crippen LogP contribution is 2.08. The van der Waals surface area contributed by atoms with Crippen molar-refractivity contribution in [3.8, 4) is 0 Å². The minimum atomic E-state index is -4.35. The van der Waals surface area contributed by atoms with Crippen molar-refractivity contribution < 1.29 is 39.0 Å². The van der Waals surface area contributed by atoms with Gasteiger partial charge >= 0.3 is 32.5 Å². The second kappa shape index (κ2) is 9.06. The maximum absolute atomic E-state index is 11.3. The summed E-state index contributed by atoms with van der Waals surface area (Å²) < 4.78 is 56.4. The molecule has 0 aliphatic heterocycles. The summed E-state index contributed by atoms with van der Waals surface area (Å²) in [5.41, 5.74) is 0. The molecule has 0 saturated heterocycles. The Balaban J connectivity index is 3.89. The summed E-state index contributed by atoms with van der Waals surface area (Å²) in [7, 11) is -8.16. The Labute approximate surface area is 130 Å². The average Bonchev–Trinajstić information content (AvgIpc) is 2.22. The molecule has 9 nitrogen and oxygen atoms in total. The van der Waals surface area contributed by atoms with Crippen LogP contribution in [0.3, 0.4) is 0 Å². The molecule has 0 spiro atoms. The van der Waals surface area contributed by atoms with Gasteiger partial charge in [-0.05, 0) is 26.7 Å². The molecule has 0 heterocycles. The second-order valence-corrected chi connectivity index (χ2v) is 7.48. The van der Waals surface area contributed by atoms with Gasteiger partial charge in [0.15, 0.2) is 0 Å². The SMILES string of the molecule is CC(C)OS(=O)(=O)OC(=O)CCCCCC(=O)OS(C)(=O)=O.